The lowest BCUT2D eigenvalue weighted by atomic mass is 9.91. The van der Waals surface area contributed by atoms with Gasteiger partial charge >= 0.3 is 0 Å². The summed E-state index contributed by atoms with van der Waals surface area (Å²) in [5.41, 5.74) is 5.01. The van der Waals surface area contributed by atoms with Crippen molar-refractivity contribution in [1.29, 1.82) is 0 Å². The maximum Gasteiger partial charge on any atom is 0.228 e. The molecule has 0 bridgehead atoms. The molecule has 0 aliphatic carbocycles. The van der Waals surface area contributed by atoms with Crippen LogP contribution in [0.2, 0.25) is 0 Å². The van der Waals surface area contributed by atoms with Gasteiger partial charge in [-0.15, -0.1) is 0 Å². The quantitative estimate of drug-likeness (QED) is 0.699. The molecule has 3 aromatic rings. The van der Waals surface area contributed by atoms with Crippen LogP contribution in [0.5, 0.6) is 0 Å². The Morgan fingerprint density at radius 1 is 1.07 bits per heavy atom. The van der Waals surface area contributed by atoms with Gasteiger partial charge in [0.2, 0.25) is 5.91 Å². The Morgan fingerprint density at radius 3 is 2.79 bits per heavy atom. The Morgan fingerprint density at radius 2 is 1.96 bits per heavy atom. The fourth-order valence-electron chi connectivity index (χ4n) is 3.86. The Balaban J connectivity index is 1.55. The van der Waals surface area contributed by atoms with Gasteiger partial charge in [0.25, 0.3) is 0 Å². The highest BCUT2D eigenvalue weighted by atomic mass is 16.2. The van der Waals surface area contributed by atoms with E-state index in [2.05, 4.69) is 40.1 Å². The summed E-state index contributed by atoms with van der Waals surface area (Å²) in [7, 11) is 0. The molecule has 5 nitrogen and oxygen atoms in total. The van der Waals surface area contributed by atoms with Gasteiger partial charge in [-0.25, -0.2) is 0 Å². The van der Waals surface area contributed by atoms with E-state index in [0.29, 0.717) is 13.0 Å². The van der Waals surface area contributed by atoms with Crippen LogP contribution in [0.15, 0.2) is 61.1 Å². The number of hydrogen-bond donors (Lipinski definition) is 0. The first-order chi connectivity index (χ1) is 13.7. The van der Waals surface area contributed by atoms with Crippen LogP contribution in [-0.2, 0) is 11.2 Å². The molecule has 0 unspecified atom stereocenters. The lowest BCUT2D eigenvalue weighted by molar-refractivity contribution is -0.131. The van der Waals surface area contributed by atoms with Crippen molar-refractivity contribution < 1.29 is 4.79 Å². The zero-order chi connectivity index (χ0) is 19.3. The average Bonchev–Trinajstić information content (AvgIpc) is 2.74. The molecular weight excluding hydrogens is 348 g/mol. The Hall–Kier alpha value is -3.08. The second kappa shape index (κ2) is 8.30. The van der Waals surface area contributed by atoms with Crippen molar-refractivity contribution in [3.05, 3.63) is 78.0 Å². The third-order valence-electron chi connectivity index (χ3n) is 5.24. The first-order valence-electron chi connectivity index (χ1n) is 9.76. The Labute approximate surface area is 165 Å². The van der Waals surface area contributed by atoms with Crippen LogP contribution in [0, 0.1) is 6.92 Å². The number of pyridine rings is 1. The molecule has 0 spiro atoms. The minimum absolute atomic E-state index is 0.129. The number of carbonyl (C=O) groups excluding carboxylic acids is 1. The number of rotatable bonds is 4. The van der Waals surface area contributed by atoms with Crippen LogP contribution >= 0.6 is 0 Å². The van der Waals surface area contributed by atoms with Crippen LogP contribution in [0.25, 0.3) is 11.3 Å². The number of benzene rings is 1. The number of amides is 1. The van der Waals surface area contributed by atoms with E-state index in [4.69, 9.17) is 0 Å². The molecule has 4 rings (SSSR count). The molecule has 1 atom stereocenters. The van der Waals surface area contributed by atoms with Crippen molar-refractivity contribution in [3.63, 3.8) is 0 Å². The molecule has 0 saturated carbocycles. The summed E-state index contributed by atoms with van der Waals surface area (Å²) < 4.78 is 0. The maximum absolute atomic E-state index is 12.8. The molecule has 1 fully saturated rings. The number of nitrogens with zero attached hydrogens (tertiary/aromatic N) is 4. The second-order valence-electron chi connectivity index (χ2n) is 7.34. The standard InChI is InChI=1S/C23H24N4O/c1-17-6-4-7-18(14-17)22-23(26-12-11-25-22)19-8-5-13-27(16-19)21(28)15-20-9-2-3-10-24-20/h2-4,6-7,9-12,14,19H,5,8,13,15-16H2,1H3/t19-/m1/s1. The average molecular weight is 372 g/mol. The molecule has 3 heterocycles. The van der Waals surface area contributed by atoms with E-state index in [1.807, 2.05) is 29.2 Å². The Kier molecular flexibility index (Phi) is 5.42. The highest BCUT2D eigenvalue weighted by molar-refractivity contribution is 5.78. The van der Waals surface area contributed by atoms with E-state index < -0.39 is 0 Å². The van der Waals surface area contributed by atoms with Crippen LogP contribution in [0.4, 0.5) is 0 Å². The monoisotopic (exact) mass is 372 g/mol. The van der Waals surface area contributed by atoms with Gasteiger partial charge < -0.3 is 4.90 Å². The molecule has 1 aliphatic heterocycles. The summed E-state index contributed by atoms with van der Waals surface area (Å²) in [6, 6.07) is 14.0. The summed E-state index contributed by atoms with van der Waals surface area (Å²) in [6.45, 7) is 3.56. The van der Waals surface area contributed by atoms with Gasteiger partial charge in [0, 0.05) is 48.9 Å². The number of likely N-dealkylation sites (tertiary alicyclic amines) is 1. The molecule has 142 valence electrons. The van der Waals surface area contributed by atoms with Crippen molar-refractivity contribution in [2.45, 2.75) is 32.1 Å². The van der Waals surface area contributed by atoms with Gasteiger partial charge in [0.15, 0.2) is 0 Å². The molecule has 1 amide bonds. The zero-order valence-electron chi connectivity index (χ0n) is 16.1. The molecule has 5 heteroatoms. The number of aryl methyl sites for hydroxylation is 1. The lowest BCUT2D eigenvalue weighted by Gasteiger charge is -2.33. The second-order valence-corrected chi connectivity index (χ2v) is 7.34. The highest BCUT2D eigenvalue weighted by Crippen LogP contribution is 2.32. The van der Waals surface area contributed by atoms with E-state index in [1.165, 1.54) is 5.56 Å². The highest BCUT2D eigenvalue weighted by Gasteiger charge is 2.28. The number of piperidine rings is 1. The Bertz CT molecular complexity index is 958. The van der Waals surface area contributed by atoms with Gasteiger partial charge in [0.05, 0.1) is 17.8 Å². The predicted molar refractivity (Wildman–Crippen MR) is 109 cm³/mol. The zero-order valence-corrected chi connectivity index (χ0v) is 16.1. The summed E-state index contributed by atoms with van der Waals surface area (Å²) in [5.74, 6) is 0.329. The topological polar surface area (TPSA) is 59.0 Å². The first-order valence-corrected chi connectivity index (χ1v) is 9.76. The van der Waals surface area contributed by atoms with Crippen molar-refractivity contribution in [2.24, 2.45) is 0 Å². The van der Waals surface area contributed by atoms with Crippen molar-refractivity contribution in [3.8, 4) is 11.3 Å². The van der Waals surface area contributed by atoms with Gasteiger partial charge in [0.1, 0.15) is 0 Å². The summed E-state index contributed by atoms with van der Waals surface area (Å²) in [5, 5.41) is 0. The molecular formula is C23H24N4O. The molecule has 1 saturated heterocycles. The van der Waals surface area contributed by atoms with Crippen molar-refractivity contribution in [1.82, 2.24) is 19.9 Å². The van der Waals surface area contributed by atoms with E-state index in [-0.39, 0.29) is 11.8 Å². The maximum atomic E-state index is 12.8. The van der Waals surface area contributed by atoms with E-state index >= 15 is 0 Å². The molecule has 1 aliphatic rings. The van der Waals surface area contributed by atoms with Crippen LogP contribution < -0.4 is 0 Å². The summed E-state index contributed by atoms with van der Waals surface area (Å²) in [6.07, 6.45) is 7.57. The minimum atomic E-state index is 0.129. The van der Waals surface area contributed by atoms with Crippen molar-refractivity contribution in [2.75, 3.05) is 13.1 Å². The molecule has 2 aromatic heterocycles. The fourth-order valence-corrected chi connectivity index (χ4v) is 3.86. The third-order valence-corrected chi connectivity index (χ3v) is 5.24. The number of hydrogen-bond acceptors (Lipinski definition) is 4. The van der Waals surface area contributed by atoms with Crippen LogP contribution in [-0.4, -0.2) is 38.8 Å². The minimum Gasteiger partial charge on any atom is -0.342 e. The first kappa shape index (κ1) is 18.3. The number of aromatic nitrogens is 3. The number of carbonyl (C=O) groups is 1. The molecule has 1 aromatic carbocycles. The van der Waals surface area contributed by atoms with Crippen molar-refractivity contribution >= 4 is 5.91 Å². The largest absolute Gasteiger partial charge is 0.342 e. The van der Waals surface area contributed by atoms with E-state index in [0.717, 1.165) is 42.0 Å². The van der Waals surface area contributed by atoms with Crippen LogP contribution in [0.3, 0.4) is 0 Å². The van der Waals surface area contributed by atoms with E-state index in [9.17, 15) is 4.79 Å². The lowest BCUT2D eigenvalue weighted by Crippen LogP contribution is -2.40. The van der Waals surface area contributed by atoms with E-state index in [1.54, 1.807) is 18.6 Å². The summed E-state index contributed by atoms with van der Waals surface area (Å²) >= 11 is 0. The molecule has 28 heavy (non-hydrogen) atoms. The molecule has 0 N–H and O–H groups in total. The third kappa shape index (κ3) is 4.09. The van der Waals surface area contributed by atoms with Gasteiger partial charge in [-0.3, -0.25) is 19.7 Å². The van der Waals surface area contributed by atoms with Gasteiger partial charge in [-0.1, -0.05) is 29.8 Å². The SMILES string of the molecule is Cc1cccc(-c2nccnc2[C@@H]2CCCN(C(=O)Cc3ccccn3)C2)c1. The predicted octanol–water partition coefficient (Wildman–Crippen LogP) is 3.80. The molecule has 0 radical (unpaired) electrons. The summed E-state index contributed by atoms with van der Waals surface area (Å²) in [4.78, 5) is 28.3. The van der Waals surface area contributed by atoms with Gasteiger partial charge in [-0.2, -0.15) is 0 Å². The fraction of sp³-hybridized carbons (Fsp3) is 0.304. The van der Waals surface area contributed by atoms with Gasteiger partial charge in [-0.05, 0) is 38.0 Å². The smallest absolute Gasteiger partial charge is 0.228 e. The normalized spacial score (nSPS) is 16.8. The van der Waals surface area contributed by atoms with Crippen LogP contribution in [0.1, 0.15) is 35.7 Å².